The smallest absolute Gasteiger partial charge is 0.415 e. The third-order valence-electron chi connectivity index (χ3n) is 5.54. The minimum absolute atomic E-state index is 0.119. The summed E-state index contributed by atoms with van der Waals surface area (Å²) in [7, 11) is -3.39. The highest BCUT2D eigenvalue weighted by Gasteiger charge is 2.43. The lowest BCUT2D eigenvalue weighted by molar-refractivity contribution is -0.189. The average Bonchev–Trinajstić information content (AvgIpc) is 3.24. The molecule has 0 saturated carbocycles. The summed E-state index contributed by atoms with van der Waals surface area (Å²) in [6, 6.07) is 11.7. The molecule has 2 aromatic heterocycles. The number of sulfone groups is 1. The summed E-state index contributed by atoms with van der Waals surface area (Å²) in [4.78, 5) is 33.2. The topological polar surface area (TPSA) is 183 Å². The van der Waals surface area contributed by atoms with Crippen LogP contribution in [0.1, 0.15) is 21.7 Å². The second kappa shape index (κ2) is 10.8. The lowest BCUT2D eigenvalue weighted by atomic mass is 10.1. The summed E-state index contributed by atoms with van der Waals surface area (Å²) in [5.41, 5.74) is 6.16. The van der Waals surface area contributed by atoms with Crippen molar-refractivity contribution < 1.29 is 35.9 Å². The van der Waals surface area contributed by atoms with E-state index in [2.05, 4.69) is 25.1 Å². The number of nitrogens with one attached hydrogen (secondary N) is 2. The van der Waals surface area contributed by atoms with Gasteiger partial charge in [-0.3, -0.25) is 15.5 Å². The van der Waals surface area contributed by atoms with Crippen LogP contribution in [0.15, 0.2) is 65.8 Å². The third-order valence-corrected chi connectivity index (χ3v) is 6.67. The zero-order valence-corrected chi connectivity index (χ0v) is 22.0. The molecule has 1 amide bonds. The SMILES string of the molecule is Cc1nn(-c2cccc(C(=N)N)c2)c(C(=O)Nc2ncc(-c3ccc(S(C)(=O)=O)cc3)cn2)c1OC(=O)C(F)(F)F. The second-order valence-corrected chi connectivity index (χ2v) is 10.6. The zero-order chi connectivity index (χ0) is 30.1. The van der Waals surface area contributed by atoms with Gasteiger partial charge in [-0.1, -0.05) is 24.3 Å². The number of nitrogens with zero attached hydrogens (tertiary/aromatic N) is 4. The lowest BCUT2D eigenvalue weighted by Crippen LogP contribution is -2.29. The first-order valence-corrected chi connectivity index (χ1v) is 13.3. The fraction of sp³-hybridized carbons (Fsp3) is 0.120. The van der Waals surface area contributed by atoms with Gasteiger partial charge in [-0.2, -0.15) is 18.3 Å². The molecule has 212 valence electrons. The van der Waals surface area contributed by atoms with Crippen LogP contribution < -0.4 is 15.8 Å². The number of alkyl halides is 3. The fourth-order valence-corrected chi connectivity index (χ4v) is 4.20. The van der Waals surface area contributed by atoms with Crippen molar-refractivity contribution in [2.75, 3.05) is 11.6 Å². The monoisotopic (exact) mass is 587 g/mol. The maximum absolute atomic E-state index is 13.3. The highest BCUT2D eigenvalue weighted by Crippen LogP contribution is 2.30. The first kappa shape index (κ1) is 28.9. The Morgan fingerprint density at radius 3 is 2.24 bits per heavy atom. The number of hydrogen-bond acceptors (Lipinski definition) is 9. The molecule has 0 bridgehead atoms. The Labute approximate surface area is 230 Å². The average molecular weight is 588 g/mol. The normalized spacial score (nSPS) is 11.6. The minimum Gasteiger partial charge on any atom is -0.415 e. The highest BCUT2D eigenvalue weighted by atomic mass is 32.2. The number of hydrogen-bond donors (Lipinski definition) is 3. The predicted octanol–water partition coefficient (Wildman–Crippen LogP) is 3.05. The molecule has 4 N–H and O–H groups in total. The number of ether oxygens (including phenoxy) is 1. The van der Waals surface area contributed by atoms with Crippen molar-refractivity contribution in [3.8, 4) is 22.6 Å². The van der Waals surface area contributed by atoms with Gasteiger partial charge < -0.3 is 10.5 Å². The Kier molecular flexibility index (Phi) is 7.61. The number of anilines is 1. The van der Waals surface area contributed by atoms with E-state index in [4.69, 9.17) is 11.1 Å². The molecule has 41 heavy (non-hydrogen) atoms. The zero-order valence-electron chi connectivity index (χ0n) is 21.2. The van der Waals surface area contributed by atoms with Gasteiger partial charge in [0, 0.05) is 29.8 Å². The number of amides is 1. The molecule has 0 spiro atoms. The molecular weight excluding hydrogens is 567 g/mol. The number of benzene rings is 2. The van der Waals surface area contributed by atoms with E-state index in [9.17, 15) is 31.2 Å². The van der Waals surface area contributed by atoms with Gasteiger partial charge in [0.1, 0.15) is 11.5 Å². The maximum atomic E-state index is 13.3. The molecular formula is C25H20F3N7O5S. The molecule has 0 radical (unpaired) electrons. The maximum Gasteiger partial charge on any atom is 0.491 e. The molecule has 0 fully saturated rings. The Morgan fingerprint density at radius 1 is 1.05 bits per heavy atom. The number of aromatic nitrogens is 4. The van der Waals surface area contributed by atoms with Gasteiger partial charge in [-0.15, -0.1) is 0 Å². The number of carbonyl (C=O) groups excluding carboxylic acids is 2. The number of nitrogens with two attached hydrogens (primary N) is 1. The van der Waals surface area contributed by atoms with Crippen LogP contribution in [0, 0.1) is 12.3 Å². The summed E-state index contributed by atoms with van der Waals surface area (Å²) < 4.78 is 67.8. The number of amidine groups is 1. The lowest BCUT2D eigenvalue weighted by Gasteiger charge is -2.12. The molecule has 2 aromatic carbocycles. The van der Waals surface area contributed by atoms with E-state index < -0.39 is 39.3 Å². The van der Waals surface area contributed by atoms with Crippen LogP contribution in [0.5, 0.6) is 5.75 Å². The summed E-state index contributed by atoms with van der Waals surface area (Å²) >= 11 is 0. The van der Waals surface area contributed by atoms with Gasteiger partial charge in [-0.25, -0.2) is 27.9 Å². The van der Waals surface area contributed by atoms with E-state index in [1.54, 1.807) is 12.1 Å². The number of aryl methyl sites for hydroxylation is 1. The predicted molar refractivity (Wildman–Crippen MR) is 140 cm³/mol. The van der Waals surface area contributed by atoms with Crippen LogP contribution >= 0.6 is 0 Å². The number of nitrogen functional groups attached to an aromatic ring is 1. The first-order valence-electron chi connectivity index (χ1n) is 11.4. The first-order chi connectivity index (χ1) is 19.1. The highest BCUT2D eigenvalue weighted by molar-refractivity contribution is 7.90. The van der Waals surface area contributed by atoms with Crippen LogP contribution in [0.3, 0.4) is 0 Å². The van der Waals surface area contributed by atoms with Crippen molar-refractivity contribution in [2.24, 2.45) is 5.73 Å². The summed E-state index contributed by atoms with van der Waals surface area (Å²) in [6.07, 6.45) is -1.61. The van der Waals surface area contributed by atoms with Gasteiger partial charge in [-0.05, 0) is 36.8 Å². The quantitative estimate of drug-likeness (QED) is 0.166. The molecule has 16 heteroatoms. The van der Waals surface area contributed by atoms with Crippen LogP contribution in [0.4, 0.5) is 19.1 Å². The van der Waals surface area contributed by atoms with Crippen molar-refractivity contribution in [1.82, 2.24) is 19.7 Å². The van der Waals surface area contributed by atoms with Crippen LogP contribution in [-0.4, -0.2) is 58.3 Å². The largest absolute Gasteiger partial charge is 0.491 e. The summed E-state index contributed by atoms with van der Waals surface area (Å²) in [5, 5.41) is 14.1. The van der Waals surface area contributed by atoms with Gasteiger partial charge >= 0.3 is 12.1 Å². The van der Waals surface area contributed by atoms with Crippen molar-refractivity contribution in [3.63, 3.8) is 0 Å². The van der Waals surface area contributed by atoms with Gasteiger partial charge in [0.25, 0.3) is 5.91 Å². The van der Waals surface area contributed by atoms with Gasteiger partial charge in [0.05, 0.1) is 10.6 Å². The van der Waals surface area contributed by atoms with Crippen molar-refractivity contribution in [1.29, 1.82) is 5.41 Å². The molecule has 2 heterocycles. The molecule has 0 aliphatic carbocycles. The van der Waals surface area contributed by atoms with Crippen LogP contribution in [0.2, 0.25) is 0 Å². The number of carbonyl (C=O) groups is 2. The molecule has 0 saturated heterocycles. The molecule has 0 unspecified atom stereocenters. The Morgan fingerprint density at radius 2 is 1.68 bits per heavy atom. The number of rotatable bonds is 7. The van der Waals surface area contributed by atoms with Gasteiger partial charge in [0.2, 0.25) is 5.95 Å². The Bertz CT molecular complexity index is 1770. The van der Waals surface area contributed by atoms with Crippen LogP contribution in [-0.2, 0) is 14.6 Å². The second-order valence-electron chi connectivity index (χ2n) is 8.57. The van der Waals surface area contributed by atoms with Crippen molar-refractivity contribution in [3.05, 3.63) is 77.9 Å². The van der Waals surface area contributed by atoms with E-state index in [-0.39, 0.29) is 33.6 Å². The minimum atomic E-state index is -5.35. The van der Waals surface area contributed by atoms with E-state index in [1.807, 2.05) is 0 Å². The Balaban J connectivity index is 1.69. The molecule has 4 aromatic rings. The number of esters is 1. The van der Waals surface area contributed by atoms with Crippen molar-refractivity contribution >= 4 is 33.5 Å². The van der Waals surface area contributed by atoms with Crippen LogP contribution in [0.25, 0.3) is 16.8 Å². The summed E-state index contributed by atoms with van der Waals surface area (Å²) in [5.74, 6) is -4.93. The molecule has 0 atom stereocenters. The van der Waals surface area contributed by atoms with E-state index in [0.717, 1.165) is 10.9 Å². The summed E-state index contributed by atoms with van der Waals surface area (Å²) in [6.45, 7) is 1.24. The Hall–Kier alpha value is -5.12. The molecule has 0 aliphatic rings. The third kappa shape index (κ3) is 6.38. The van der Waals surface area contributed by atoms with E-state index in [0.29, 0.717) is 11.1 Å². The molecule has 0 aliphatic heterocycles. The number of halogens is 3. The molecule has 4 rings (SSSR count). The van der Waals surface area contributed by atoms with E-state index >= 15 is 0 Å². The standard InChI is InChI=1S/C25H20F3N7O5S/c1-13-20(40-23(37)25(26,27)28)19(35(34-13)17-5-3-4-15(10-17)21(29)30)22(36)33-24-31-11-16(12-32-24)14-6-8-18(9-7-14)41(2,38)39/h3-12H,1-2H3,(H3,29,30)(H,31,32,33,36). The van der Waals surface area contributed by atoms with E-state index in [1.165, 1.54) is 55.7 Å². The molecule has 12 nitrogen and oxygen atoms in total. The fourth-order valence-electron chi connectivity index (χ4n) is 3.57. The van der Waals surface area contributed by atoms with Crippen molar-refractivity contribution in [2.45, 2.75) is 18.0 Å². The van der Waals surface area contributed by atoms with Gasteiger partial charge in [0.15, 0.2) is 21.3 Å².